The third-order valence-corrected chi connectivity index (χ3v) is 5.25. The summed E-state index contributed by atoms with van der Waals surface area (Å²) < 4.78 is 10.5. The van der Waals surface area contributed by atoms with Crippen molar-refractivity contribution in [3.63, 3.8) is 0 Å². The smallest absolute Gasteiger partial charge is 0.322 e. The molecule has 0 radical (unpaired) electrons. The van der Waals surface area contributed by atoms with Crippen LogP contribution in [-0.4, -0.2) is 41.7 Å². The van der Waals surface area contributed by atoms with Gasteiger partial charge in [-0.05, 0) is 13.0 Å². The standard InChI is InChI=1S/C23H24N4O4/c1-14-5-4-6-15(9-14)21-25-20-7-8-27(13-19(20)22(28)26-21)23(29)24-16-10-17(30-2)12-18(11-16)31-3/h4-6,9-12H,7-8,13H2,1-3H3,(H,24,29)(H,25,26,28). The van der Waals surface area contributed by atoms with Gasteiger partial charge in [0.15, 0.2) is 0 Å². The molecule has 31 heavy (non-hydrogen) atoms. The van der Waals surface area contributed by atoms with E-state index in [-0.39, 0.29) is 18.1 Å². The Hall–Kier alpha value is -3.81. The fourth-order valence-corrected chi connectivity index (χ4v) is 3.61. The number of methoxy groups -OCH3 is 2. The summed E-state index contributed by atoms with van der Waals surface area (Å²) in [6.07, 6.45) is 0.507. The fourth-order valence-electron chi connectivity index (χ4n) is 3.61. The molecule has 2 aromatic carbocycles. The van der Waals surface area contributed by atoms with E-state index in [2.05, 4.69) is 15.3 Å². The highest BCUT2D eigenvalue weighted by Gasteiger charge is 2.25. The first-order valence-electron chi connectivity index (χ1n) is 9.95. The first-order valence-corrected chi connectivity index (χ1v) is 9.95. The fraction of sp³-hybridized carbons (Fsp3) is 0.261. The van der Waals surface area contributed by atoms with E-state index in [1.807, 2.05) is 31.2 Å². The largest absolute Gasteiger partial charge is 0.497 e. The van der Waals surface area contributed by atoms with E-state index in [0.717, 1.165) is 16.8 Å². The molecule has 1 aliphatic rings. The molecular formula is C23H24N4O4. The van der Waals surface area contributed by atoms with Crippen LogP contribution in [0.1, 0.15) is 16.8 Å². The second kappa shape index (κ2) is 8.51. The van der Waals surface area contributed by atoms with Gasteiger partial charge in [-0.15, -0.1) is 0 Å². The molecule has 3 aromatic rings. The second-order valence-electron chi connectivity index (χ2n) is 7.41. The van der Waals surface area contributed by atoms with Crippen LogP contribution in [0, 0.1) is 6.92 Å². The molecule has 1 aromatic heterocycles. The summed E-state index contributed by atoms with van der Waals surface area (Å²) >= 11 is 0. The Balaban J connectivity index is 1.54. The number of rotatable bonds is 4. The molecule has 0 spiro atoms. The van der Waals surface area contributed by atoms with Gasteiger partial charge in [0, 0.05) is 42.4 Å². The Morgan fingerprint density at radius 3 is 2.55 bits per heavy atom. The number of nitrogens with zero attached hydrogens (tertiary/aromatic N) is 2. The van der Waals surface area contributed by atoms with Crippen molar-refractivity contribution in [2.45, 2.75) is 19.9 Å². The van der Waals surface area contributed by atoms with Crippen LogP contribution in [0.4, 0.5) is 10.5 Å². The SMILES string of the molecule is COc1cc(NC(=O)N2CCc3nc(-c4cccc(C)c4)[nH]c(=O)c3C2)cc(OC)c1. The van der Waals surface area contributed by atoms with E-state index in [9.17, 15) is 9.59 Å². The zero-order chi connectivity index (χ0) is 22.0. The first kappa shape index (κ1) is 20.5. The molecule has 8 heteroatoms. The molecule has 0 saturated heterocycles. The average Bonchev–Trinajstić information content (AvgIpc) is 2.78. The van der Waals surface area contributed by atoms with Crippen molar-refractivity contribution >= 4 is 11.7 Å². The zero-order valence-electron chi connectivity index (χ0n) is 17.7. The number of hydrogen-bond acceptors (Lipinski definition) is 5. The molecule has 2 amide bonds. The van der Waals surface area contributed by atoms with Crippen molar-refractivity contribution in [1.29, 1.82) is 0 Å². The molecule has 1 aliphatic heterocycles. The Bertz CT molecular complexity index is 1170. The third-order valence-electron chi connectivity index (χ3n) is 5.25. The lowest BCUT2D eigenvalue weighted by Crippen LogP contribution is -2.41. The average molecular weight is 420 g/mol. The lowest BCUT2D eigenvalue weighted by molar-refractivity contribution is 0.205. The molecular weight excluding hydrogens is 396 g/mol. The number of carbonyl (C=O) groups is 1. The van der Waals surface area contributed by atoms with Crippen molar-refractivity contribution < 1.29 is 14.3 Å². The van der Waals surface area contributed by atoms with Crippen molar-refractivity contribution in [1.82, 2.24) is 14.9 Å². The number of anilines is 1. The second-order valence-corrected chi connectivity index (χ2v) is 7.41. The maximum Gasteiger partial charge on any atom is 0.322 e. The summed E-state index contributed by atoms with van der Waals surface area (Å²) in [4.78, 5) is 34.7. The highest BCUT2D eigenvalue weighted by atomic mass is 16.5. The van der Waals surface area contributed by atoms with E-state index in [1.54, 1.807) is 37.3 Å². The molecule has 0 unspecified atom stereocenters. The van der Waals surface area contributed by atoms with Crippen LogP contribution in [0.5, 0.6) is 11.5 Å². The lowest BCUT2D eigenvalue weighted by Gasteiger charge is -2.28. The Morgan fingerprint density at radius 2 is 1.87 bits per heavy atom. The maximum absolute atomic E-state index is 12.8. The number of hydrogen-bond donors (Lipinski definition) is 2. The van der Waals surface area contributed by atoms with Gasteiger partial charge in [-0.2, -0.15) is 0 Å². The highest BCUT2D eigenvalue weighted by Crippen LogP contribution is 2.26. The number of carbonyl (C=O) groups excluding carboxylic acids is 1. The van der Waals surface area contributed by atoms with Crippen molar-refractivity contribution in [2.75, 3.05) is 26.1 Å². The predicted molar refractivity (Wildman–Crippen MR) is 118 cm³/mol. The van der Waals surface area contributed by atoms with Gasteiger partial charge in [-0.3, -0.25) is 4.79 Å². The summed E-state index contributed by atoms with van der Waals surface area (Å²) in [5.74, 6) is 1.69. The quantitative estimate of drug-likeness (QED) is 0.675. The summed E-state index contributed by atoms with van der Waals surface area (Å²) in [6, 6.07) is 12.7. The van der Waals surface area contributed by atoms with Gasteiger partial charge in [0.2, 0.25) is 0 Å². The van der Waals surface area contributed by atoms with Crippen LogP contribution in [0.2, 0.25) is 0 Å². The number of H-pyrrole nitrogens is 1. The Kier molecular flexibility index (Phi) is 5.62. The molecule has 0 saturated carbocycles. The molecule has 0 fully saturated rings. The van der Waals surface area contributed by atoms with Gasteiger partial charge in [-0.25, -0.2) is 9.78 Å². The van der Waals surface area contributed by atoms with E-state index in [4.69, 9.17) is 9.47 Å². The Morgan fingerprint density at radius 1 is 1.13 bits per heavy atom. The number of aryl methyl sites for hydroxylation is 1. The number of aromatic nitrogens is 2. The number of nitrogens with one attached hydrogen (secondary N) is 2. The van der Waals surface area contributed by atoms with Crippen LogP contribution in [0.25, 0.3) is 11.4 Å². The molecule has 2 heterocycles. The normalized spacial score (nSPS) is 12.8. The van der Waals surface area contributed by atoms with Gasteiger partial charge >= 0.3 is 6.03 Å². The molecule has 4 rings (SSSR count). The van der Waals surface area contributed by atoms with Crippen molar-refractivity contribution in [2.24, 2.45) is 0 Å². The third kappa shape index (κ3) is 4.37. The van der Waals surface area contributed by atoms with Crippen molar-refractivity contribution in [3.05, 3.63) is 69.6 Å². The van der Waals surface area contributed by atoms with Gasteiger partial charge in [0.25, 0.3) is 5.56 Å². The summed E-state index contributed by atoms with van der Waals surface area (Å²) in [6.45, 7) is 2.65. The molecule has 8 nitrogen and oxygen atoms in total. The van der Waals surface area contributed by atoms with Gasteiger partial charge in [-0.1, -0.05) is 23.8 Å². The van der Waals surface area contributed by atoms with Crippen LogP contribution >= 0.6 is 0 Å². The molecule has 0 bridgehead atoms. The van der Waals surface area contributed by atoms with Crippen molar-refractivity contribution in [3.8, 4) is 22.9 Å². The molecule has 0 atom stereocenters. The van der Waals surface area contributed by atoms with Gasteiger partial charge in [0.1, 0.15) is 17.3 Å². The summed E-state index contributed by atoms with van der Waals surface area (Å²) in [5.41, 5.74) is 3.53. The topological polar surface area (TPSA) is 96.5 Å². The minimum absolute atomic E-state index is 0.193. The number of urea groups is 1. The number of benzene rings is 2. The molecule has 160 valence electrons. The molecule has 0 aliphatic carbocycles. The summed E-state index contributed by atoms with van der Waals surface area (Å²) in [5, 5.41) is 2.85. The highest BCUT2D eigenvalue weighted by molar-refractivity contribution is 5.90. The minimum Gasteiger partial charge on any atom is -0.497 e. The first-order chi connectivity index (χ1) is 15.0. The minimum atomic E-state index is -0.303. The zero-order valence-corrected chi connectivity index (χ0v) is 17.7. The number of ether oxygens (including phenoxy) is 2. The van der Waals surface area contributed by atoms with Gasteiger partial charge < -0.3 is 24.7 Å². The number of fused-ring (bicyclic) bond motifs is 1. The maximum atomic E-state index is 12.8. The monoisotopic (exact) mass is 420 g/mol. The van der Waals surface area contributed by atoms with E-state index >= 15 is 0 Å². The van der Waals surface area contributed by atoms with Crippen LogP contribution in [-0.2, 0) is 13.0 Å². The van der Waals surface area contributed by atoms with Crippen LogP contribution in [0.3, 0.4) is 0 Å². The van der Waals surface area contributed by atoms with E-state index in [1.165, 1.54) is 0 Å². The lowest BCUT2D eigenvalue weighted by atomic mass is 10.1. The number of amides is 2. The Labute approximate surface area is 179 Å². The number of aromatic amines is 1. The van der Waals surface area contributed by atoms with Crippen LogP contribution < -0.4 is 20.3 Å². The summed E-state index contributed by atoms with van der Waals surface area (Å²) in [7, 11) is 3.10. The predicted octanol–water partition coefficient (Wildman–Crippen LogP) is 3.35. The van der Waals surface area contributed by atoms with E-state index in [0.29, 0.717) is 41.5 Å². The van der Waals surface area contributed by atoms with Gasteiger partial charge in [0.05, 0.1) is 32.0 Å². The van der Waals surface area contributed by atoms with E-state index < -0.39 is 0 Å². The molecule has 2 N–H and O–H groups in total. The van der Waals surface area contributed by atoms with Crippen LogP contribution in [0.15, 0.2) is 47.3 Å².